The van der Waals surface area contributed by atoms with Gasteiger partial charge in [0.05, 0.1) is 5.92 Å². The number of aromatic nitrogens is 1. The van der Waals surface area contributed by atoms with E-state index in [1.807, 2.05) is 42.5 Å². The van der Waals surface area contributed by atoms with Gasteiger partial charge in [0.15, 0.2) is 0 Å². The summed E-state index contributed by atoms with van der Waals surface area (Å²) in [6, 6.07) is 20.7. The molecule has 0 aliphatic carbocycles. The largest absolute Gasteiger partial charge is 0.326 e. The van der Waals surface area contributed by atoms with Crippen LogP contribution in [-0.4, -0.2) is 16.8 Å². The topological polar surface area (TPSA) is 71.1 Å². The lowest BCUT2D eigenvalue weighted by Gasteiger charge is -2.18. The Bertz CT molecular complexity index is 894. The Hall–Kier alpha value is -3.47. The summed E-state index contributed by atoms with van der Waals surface area (Å²) >= 11 is 0. The van der Waals surface area contributed by atoms with Crippen LogP contribution in [0.1, 0.15) is 24.0 Å². The number of anilines is 2. The highest BCUT2D eigenvalue weighted by Crippen LogP contribution is 2.23. The summed E-state index contributed by atoms with van der Waals surface area (Å²) in [4.78, 5) is 28.1. The highest BCUT2D eigenvalue weighted by atomic mass is 16.2. The highest BCUT2D eigenvalue weighted by Gasteiger charge is 2.21. The summed E-state index contributed by atoms with van der Waals surface area (Å²) < 4.78 is 0. The number of benzene rings is 2. The number of hydrogen-bond donors (Lipinski definition) is 2. The van der Waals surface area contributed by atoms with Crippen LogP contribution in [0.15, 0.2) is 79.1 Å². The third-order valence-electron chi connectivity index (χ3n) is 4.18. The van der Waals surface area contributed by atoms with Crippen LogP contribution < -0.4 is 10.6 Å². The average molecular weight is 359 g/mol. The van der Waals surface area contributed by atoms with Gasteiger partial charge >= 0.3 is 0 Å². The van der Waals surface area contributed by atoms with E-state index in [0.29, 0.717) is 17.8 Å². The standard InChI is InChI=1S/C22H21N3O2/c1-16(26)24-19-7-9-20(10-8-19)25-22(27)21(18-5-3-2-4-6-18)15-17-11-13-23-14-12-17/h2-14,21H,15H2,1H3,(H,24,26)(H,25,27). The van der Waals surface area contributed by atoms with Gasteiger partial charge in [0.25, 0.3) is 0 Å². The van der Waals surface area contributed by atoms with Gasteiger partial charge in [-0.15, -0.1) is 0 Å². The zero-order valence-electron chi connectivity index (χ0n) is 15.1. The molecular formula is C22H21N3O2. The number of nitrogens with zero attached hydrogens (tertiary/aromatic N) is 1. The van der Waals surface area contributed by atoms with Crippen molar-refractivity contribution in [3.8, 4) is 0 Å². The number of carbonyl (C=O) groups excluding carboxylic acids is 2. The monoisotopic (exact) mass is 359 g/mol. The molecule has 3 aromatic rings. The second-order valence-electron chi connectivity index (χ2n) is 6.27. The van der Waals surface area contributed by atoms with Crippen LogP contribution in [0.4, 0.5) is 11.4 Å². The Morgan fingerprint density at radius 2 is 1.44 bits per heavy atom. The Kier molecular flexibility index (Phi) is 5.94. The summed E-state index contributed by atoms with van der Waals surface area (Å²) in [6.07, 6.45) is 4.05. The lowest BCUT2D eigenvalue weighted by Crippen LogP contribution is -2.23. The summed E-state index contributed by atoms with van der Waals surface area (Å²) in [5.74, 6) is -0.526. The molecule has 2 N–H and O–H groups in total. The van der Waals surface area contributed by atoms with Gasteiger partial charge in [0.2, 0.25) is 11.8 Å². The van der Waals surface area contributed by atoms with Gasteiger partial charge in [-0.25, -0.2) is 0 Å². The molecule has 0 fully saturated rings. The smallest absolute Gasteiger partial charge is 0.232 e. The van der Waals surface area contributed by atoms with Crippen LogP contribution in [0.5, 0.6) is 0 Å². The first-order valence-electron chi connectivity index (χ1n) is 8.74. The Balaban J connectivity index is 1.77. The molecule has 0 aliphatic rings. The number of carbonyl (C=O) groups is 2. The summed E-state index contributed by atoms with van der Waals surface area (Å²) in [5, 5.41) is 5.68. The molecule has 27 heavy (non-hydrogen) atoms. The first kappa shape index (κ1) is 18.3. The molecule has 5 heteroatoms. The summed E-state index contributed by atoms with van der Waals surface area (Å²) in [6.45, 7) is 1.46. The molecule has 1 unspecified atom stereocenters. The fourth-order valence-corrected chi connectivity index (χ4v) is 2.87. The van der Waals surface area contributed by atoms with Crippen molar-refractivity contribution in [3.63, 3.8) is 0 Å². The van der Waals surface area contributed by atoms with Crippen molar-refractivity contribution in [3.05, 3.63) is 90.3 Å². The lowest BCUT2D eigenvalue weighted by atomic mass is 9.91. The molecular weight excluding hydrogens is 338 g/mol. The zero-order valence-corrected chi connectivity index (χ0v) is 15.1. The van der Waals surface area contributed by atoms with Crippen LogP contribution in [-0.2, 0) is 16.0 Å². The minimum absolute atomic E-state index is 0.0784. The summed E-state index contributed by atoms with van der Waals surface area (Å²) in [7, 11) is 0. The number of hydrogen-bond acceptors (Lipinski definition) is 3. The van der Waals surface area contributed by atoms with Gasteiger partial charge in [0.1, 0.15) is 0 Å². The van der Waals surface area contributed by atoms with Gasteiger partial charge in [-0.2, -0.15) is 0 Å². The van der Waals surface area contributed by atoms with E-state index < -0.39 is 0 Å². The lowest BCUT2D eigenvalue weighted by molar-refractivity contribution is -0.117. The minimum Gasteiger partial charge on any atom is -0.326 e. The van der Waals surface area contributed by atoms with Crippen molar-refractivity contribution in [2.24, 2.45) is 0 Å². The van der Waals surface area contributed by atoms with Crippen LogP contribution in [0, 0.1) is 0 Å². The maximum atomic E-state index is 13.0. The van der Waals surface area contributed by atoms with Crippen molar-refractivity contribution in [2.45, 2.75) is 19.3 Å². The first-order chi connectivity index (χ1) is 13.1. The molecule has 1 heterocycles. The highest BCUT2D eigenvalue weighted by molar-refractivity contribution is 5.96. The molecule has 0 bridgehead atoms. The van der Waals surface area contributed by atoms with E-state index in [4.69, 9.17) is 0 Å². The van der Waals surface area contributed by atoms with E-state index in [2.05, 4.69) is 15.6 Å². The molecule has 0 radical (unpaired) electrons. The predicted molar refractivity (Wildman–Crippen MR) is 106 cm³/mol. The van der Waals surface area contributed by atoms with Gasteiger partial charge in [-0.3, -0.25) is 14.6 Å². The molecule has 0 saturated carbocycles. The van der Waals surface area contributed by atoms with Crippen molar-refractivity contribution < 1.29 is 9.59 Å². The third-order valence-corrected chi connectivity index (χ3v) is 4.18. The molecule has 2 amide bonds. The number of rotatable bonds is 6. The van der Waals surface area contributed by atoms with Gasteiger partial charge in [-0.05, 0) is 53.9 Å². The van der Waals surface area contributed by atoms with E-state index >= 15 is 0 Å². The third kappa shape index (κ3) is 5.25. The second kappa shape index (κ2) is 8.76. The van der Waals surface area contributed by atoms with Gasteiger partial charge in [-0.1, -0.05) is 30.3 Å². The normalized spacial score (nSPS) is 11.4. The van der Waals surface area contributed by atoms with Crippen LogP contribution >= 0.6 is 0 Å². The second-order valence-corrected chi connectivity index (χ2v) is 6.27. The van der Waals surface area contributed by atoms with E-state index in [-0.39, 0.29) is 17.7 Å². The van der Waals surface area contributed by atoms with Crippen molar-refractivity contribution in [1.29, 1.82) is 0 Å². The fourth-order valence-electron chi connectivity index (χ4n) is 2.87. The maximum absolute atomic E-state index is 13.0. The maximum Gasteiger partial charge on any atom is 0.232 e. The molecule has 3 rings (SSSR count). The van der Waals surface area contributed by atoms with E-state index in [9.17, 15) is 9.59 Å². The summed E-state index contributed by atoms with van der Waals surface area (Å²) in [5.41, 5.74) is 3.39. The van der Waals surface area contributed by atoms with Crippen molar-refractivity contribution in [2.75, 3.05) is 10.6 Å². The fraction of sp³-hybridized carbons (Fsp3) is 0.136. The zero-order chi connectivity index (χ0) is 19.1. The number of amides is 2. The van der Waals surface area contributed by atoms with Gasteiger partial charge < -0.3 is 10.6 Å². The Morgan fingerprint density at radius 1 is 0.852 bits per heavy atom. The predicted octanol–water partition coefficient (Wildman–Crippen LogP) is 4.01. The van der Waals surface area contributed by atoms with Crippen LogP contribution in [0.2, 0.25) is 0 Å². The molecule has 0 saturated heterocycles. The number of nitrogens with one attached hydrogen (secondary N) is 2. The van der Waals surface area contributed by atoms with Gasteiger partial charge in [0, 0.05) is 30.7 Å². The Labute approximate surface area is 158 Å². The quantitative estimate of drug-likeness (QED) is 0.699. The van der Waals surface area contributed by atoms with E-state index in [0.717, 1.165) is 11.1 Å². The Morgan fingerprint density at radius 3 is 2.04 bits per heavy atom. The van der Waals surface area contributed by atoms with Crippen LogP contribution in [0.25, 0.3) is 0 Å². The first-order valence-corrected chi connectivity index (χ1v) is 8.74. The average Bonchev–Trinajstić information content (AvgIpc) is 2.68. The van der Waals surface area contributed by atoms with E-state index in [1.54, 1.807) is 36.7 Å². The number of pyridine rings is 1. The molecule has 0 aliphatic heterocycles. The molecule has 1 atom stereocenters. The molecule has 1 aromatic heterocycles. The molecule has 136 valence electrons. The molecule has 2 aromatic carbocycles. The molecule has 5 nitrogen and oxygen atoms in total. The molecule has 0 spiro atoms. The van der Waals surface area contributed by atoms with Crippen molar-refractivity contribution in [1.82, 2.24) is 4.98 Å². The SMILES string of the molecule is CC(=O)Nc1ccc(NC(=O)C(Cc2ccncc2)c2ccccc2)cc1. The van der Waals surface area contributed by atoms with Crippen molar-refractivity contribution >= 4 is 23.2 Å². The van der Waals surface area contributed by atoms with E-state index in [1.165, 1.54) is 6.92 Å². The van der Waals surface area contributed by atoms with Crippen LogP contribution in [0.3, 0.4) is 0 Å². The minimum atomic E-state index is -0.316.